The standard InChI is InChI=1S/C9H11N3O4/c1-6(9(13)16-2)11-8-4-3-7(5-10-8)12(14)15/h3-6H,1-2H3,(H,10,11). The second-order valence-electron chi connectivity index (χ2n) is 3.05. The molecule has 1 aromatic heterocycles. The molecule has 1 unspecified atom stereocenters. The topological polar surface area (TPSA) is 94.4 Å². The maximum atomic E-state index is 11.1. The molecule has 0 spiro atoms. The number of aromatic nitrogens is 1. The van der Waals surface area contributed by atoms with Gasteiger partial charge in [-0.05, 0) is 13.0 Å². The molecule has 0 aromatic carbocycles. The van der Waals surface area contributed by atoms with Crippen molar-refractivity contribution in [3.05, 3.63) is 28.4 Å². The molecule has 7 nitrogen and oxygen atoms in total. The molecule has 0 bridgehead atoms. The van der Waals surface area contributed by atoms with Crippen LogP contribution in [0.3, 0.4) is 0 Å². The van der Waals surface area contributed by atoms with Gasteiger partial charge in [0.25, 0.3) is 5.69 Å². The van der Waals surface area contributed by atoms with Crippen LogP contribution in [-0.2, 0) is 9.53 Å². The minimum atomic E-state index is -0.557. The number of pyridine rings is 1. The molecule has 0 aliphatic heterocycles. The fraction of sp³-hybridized carbons (Fsp3) is 0.333. The van der Waals surface area contributed by atoms with E-state index in [1.165, 1.54) is 19.2 Å². The Labute approximate surface area is 91.6 Å². The second kappa shape index (κ2) is 5.06. The van der Waals surface area contributed by atoms with Crippen LogP contribution in [0.15, 0.2) is 18.3 Å². The lowest BCUT2D eigenvalue weighted by Crippen LogP contribution is -2.27. The Hall–Kier alpha value is -2.18. The molecule has 0 fully saturated rings. The molecular weight excluding hydrogens is 214 g/mol. The van der Waals surface area contributed by atoms with Crippen LogP contribution in [0, 0.1) is 10.1 Å². The summed E-state index contributed by atoms with van der Waals surface area (Å²) in [5.41, 5.74) is -0.101. The molecule has 1 aromatic rings. The molecule has 0 saturated carbocycles. The summed E-state index contributed by atoms with van der Waals surface area (Å²) in [7, 11) is 1.28. The van der Waals surface area contributed by atoms with E-state index in [1.807, 2.05) is 0 Å². The van der Waals surface area contributed by atoms with E-state index in [-0.39, 0.29) is 5.69 Å². The van der Waals surface area contributed by atoms with Crippen molar-refractivity contribution in [3.63, 3.8) is 0 Å². The van der Waals surface area contributed by atoms with Crippen molar-refractivity contribution in [1.29, 1.82) is 0 Å². The highest BCUT2D eigenvalue weighted by Crippen LogP contribution is 2.12. The van der Waals surface area contributed by atoms with Crippen molar-refractivity contribution in [2.45, 2.75) is 13.0 Å². The summed E-state index contributed by atoms with van der Waals surface area (Å²) in [5.74, 6) is -0.0522. The number of nitro groups is 1. The van der Waals surface area contributed by atoms with Gasteiger partial charge in [-0.3, -0.25) is 10.1 Å². The van der Waals surface area contributed by atoms with Crippen molar-refractivity contribution in [3.8, 4) is 0 Å². The van der Waals surface area contributed by atoms with Gasteiger partial charge in [0.2, 0.25) is 0 Å². The van der Waals surface area contributed by atoms with E-state index < -0.39 is 16.9 Å². The quantitative estimate of drug-likeness (QED) is 0.466. The van der Waals surface area contributed by atoms with Gasteiger partial charge in [-0.25, -0.2) is 9.78 Å². The van der Waals surface area contributed by atoms with E-state index in [9.17, 15) is 14.9 Å². The molecule has 0 aliphatic rings. The number of rotatable bonds is 4. The molecule has 1 heterocycles. The van der Waals surface area contributed by atoms with Crippen molar-refractivity contribution >= 4 is 17.5 Å². The second-order valence-corrected chi connectivity index (χ2v) is 3.05. The summed E-state index contributed by atoms with van der Waals surface area (Å²) < 4.78 is 4.51. The predicted octanol–water partition coefficient (Wildman–Crippen LogP) is 0.963. The zero-order valence-electron chi connectivity index (χ0n) is 8.84. The Bertz CT molecular complexity index is 390. The molecule has 0 amide bonds. The Morgan fingerprint density at radius 1 is 1.62 bits per heavy atom. The van der Waals surface area contributed by atoms with Crippen LogP contribution >= 0.6 is 0 Å². The number of methoxy groups -OCH3 is 1. The highest BCUT2D eigenvalue weighted by molar-refractivity contribution is 5.78. The van der Waals surface area contributed by atoms with E-state index in [2.05, 4.69) is 15.0 Å². The van der Waals surface area contributed by atoms with Gasteiger partial charge in [0.1, 0.15) is 18.1 Å². The summed E-state index contributed by atoms with van der Waals surface area (Å²) in [4.78, 5) is 24.7. The highest BCUT2D eigenvalue weighted by Gasteiger charge is 2.13. The molecule has 0 saturated heterocycles. The first kappa shape index (κ1) is 11.9. The number of hydrogen-bond donors (Lipinski definition) is 1. The van der Waals surface area contributed by atoms with Gasteiger partial charge in [0, 0.05) is 6.07 Å². The third-order valence-electron chi connectivity index (χ3n) is 1.88. The van der Waals surface area contributed by atoms with Gasteiger partial charge in [-0.15, -0.1) is 0 Å². The molecule has 1 atom stereocenters. The lowest BCUT2D eigenvalue weighted by Gasteiger charge is -2.11. The smallest absolute Gasteiger partial charge is 0.328 e. The lowest BCUT2D eigenvalue weighted by atomic mass is 10.3. The van der Waals surface area contributed by atoms with E-state index in [1.54, 1.807) is 6.92 Å². The number of carbonyl (C=O) groups is 1. The first-order valence-corrected chi connectivity index (χ1v) is 4.49. The summed E-state index contributed by atoms with van der Waals surface area (Å²) in [6.45, 7) is 1.61. The maximum Gasteiger partial charge on any atom is 0.328 e. The number of nitrogens with zero attached hydrogens (tertiary/aromatic N) is 2. The minimum Gasteiger partial charge on any atom is -0.467 e. The number of esters is 1. The molecule has 0 radical (unpaired) electrons. The molecule has 1 N–H and O–H groups in total. The zero-order valence-corrected chi connectivity index (χ0v) is 8.84. The molecule has 0 aliphatic carbocycles. The fourth-order valence-corrected chi connectivity index (χ4v) is 1.04. The third kappa shape index (κ3) is 2.91. The van der Waals surface area contributed by atoms with E-state index in [4.69, 9.17) is 0 Å². The van der Waals surface area contributed by atoms with Gasteiger partial charge in [0.15, 0.2) is 0 Å². The number of carbonyl (C=O) groups excluding carboxylic acids is 1. The van der Waals surface area contributed by atoms with Crippen molar-refractivity contribution in [1.82, 2.24) is 4.98 Å². The Morgan fingerprint density at radius 2 is 2.31 bits per heavy atom. The molecule has 86 valence electrons. The number of hydrogen-bond acceptors (Lipinski definition) is 6. The van der Waals surface area contributed by atoms with Gasteiger partial charge < -0.3 is 10.1 Å². The van der Waals surface area contributed by atoms with Crippen LogP contribution in [-0.4, -0.2) is 29.0 Å². The van der Waals surface area contributed by atoms with Crippen LogP contribution in [0.25, 0.3) is 0 Å². The van der Waals surface area contributed by atoms with Gasteiger partial charge in [-0.2, -0.15) is 0 Å². The largest absolute Gasteiger partial charge is 0.467 e. The number of nitrogens with one attached hydrogen (secondary N) is 1. The van der Waals surface area contributed by atoms with Crippen LogP contribution in [0.5, 0.6) is 0 Å². The Balaban J connectivity index is 2.68. The molecule has 16 heavy (non-hydrogen) atoms. The molecule has 7 heteroatoms. The fourth-order valence-electron chi connectivity index (χ4n) is 1.04. The average Bonchev–Trinajstić information content (AvgIpc) is 2.28. The van der Waals surface area contributed by atoms with Crippen LogP contribution in [0.2, 0.25) is 0 Å². The van der Waals surface area contributed by atoms with E-state index in [0.717, 1.165) is 6.20 Å². The van der Waals surface area contributed by atoms with Gasteiger partial charge >= 0.3 is 5.97 Å². The van der Waals surface area contributed by atoms with Crippen molar-refractivity contribution in [2.24, 2.45) is 0 Å². The van der Waals surface area contributed by atoms with Gasteiger partial charge in [0.05, 0.1) is 12.0 Å². The first-order chi connectivity index (χ1) is 7.54. The molecular formula is C9H11N3O4. The maximum absolute atomic E-state index is 11.1. The van der Waals surface area contributed by atoms with E-state index >= 15 is 0 Å². The number of anilines is 1. The van der Waals surface area contributed by atoms with Crippen LogP contribution in [0.4, 0.5) is 11.5 Å². The monoisotopic (exact) mass is 225 g/mol. The summed E-state index contributed by atoms with van der Waals surface area (Å²) in [6, 6.07) is 2.18. The average molecular weight is 225 g/mol. The Morgan fingerprint density at radius 3 is 2.75 bits per heavy atom. The minimum absolute atomic E-state index is 0.101. The van der Waals surface area contributed by atoms with Crippen molar-refractivity contribution < 1.29 is 14.5 Å². The predicted molar refractivity (Wildman–Crippen MR) is 56.0 cm³/mol. The normalized spacial score (nSPS) is 11.6. The first-order valence-electron chi connectivity index (χ1n) is 4.49. The van der Waals surface area contributed by atoms with Crippen LogP contribution in [0.1, 0.15) is 6.92 Å². The SMILES string of the molecule is COC(=O)C(C)Nc1ccc([N+](=O)[O-])cn1. The third-order valence-corrected chi connectivity index (χ3v) is 1.88. The van der Waals surface area contributed by atoms with E-state index in [0.29, 0.717) is 5.82 Å². The van der Waals surface area contributed by atoms with Crippen LogP contribution < -0.4 is 5.32 Å². The summed E-state index contributed by atoms with van der Waals surface area (Å²) in [5, 5.41) is 13.1. The number of ether oxygens (including phenoxy) is 1. The summed E-state index contributed by atoms with van der Waals surface area (Å²) >= 11 is 0. The van der Waals surface area contributed by atoms with Gasteiger partial charge in [-0.1, -0.05) is 0 Å². The molecule has 1 rings (SSSR count). The zero-order chi connectivity index (χ0) is 12.1. The lowest BCUT2D eigenvalue weighted by molar-refractivity contribution is -0.385. The Kier molecular flexibility index (Phi) is 3.76. The summed E-state index contributed by atoms with van der Waals surface area (Å²) in [6.07, 6.45) is 1.12. The van der Waals surface area contributed by atoms with Crippen molar-refractivity contribution in [2.75, 3.05) is 12.4 Å². The highest BCUT2D eigenvalue weighted by atomic mass is 16.6.